The van der Waals surface area contributed by atoms with Gasteiger partial charge in [0.1, 0.15) is 0 Å². The van der Waals surface area contributed by atoms with Gasteiger partial charge >= 0.3 is 0 Å². The van der Waals surface area contributed by atoms with Crippen LogP contribution in [0.15, 0.2) is 46.6 Å². The van der Waals surface area contributed by atoms with Gasteiger partial charge in [0.05, 0.1) is 0 Å². The van der Waals surface area contributed by atoms with Gasteiger partial charge in [-0.3, -0.25) is 19.2 Å². The molecule has 4 unspecified atom stereocenters. The zero-order valence-corrected chi connectivity index (χ0v) is 37.5. The Morgan fingerprint density at radius 1 is 0.333 bits per heavy atom. The van der Waals surface area contributed by atoms with E-state index in [-0.39, 0.29) is 46.8 Å². The third kappa shape index (κ3) is 7.10. The molecular weight excluding hydrogens is 737 g/mol. The maximum absolute atomic E-state index is 15.5. The number of ketones is 4. The number of carbonyl (C=O) groups excluding carboxylic acids is 4. The molecule has 0 amide bonds. The molecule has 320 valence electrons. The van der Waals surface area contributed by atoms with Crippen molar-refractivity contribution in [3.63, 3.8) is 0 Å². The van der Waals surface area contributed by atoms with Crippen molar-refractivity contribution >= 4 is 23.1 Å². The first-order valence-corrected chi connectivity index (χ1v) is 25.2. The second-order valence-electron chi connectivity index (χ2n) is 20.5. The molecule has 0 fully saturated rings. The first kappa shape index (κ1) is 41.9. The highest BCUT2D eigenvalue weighted by Crippen LogP contribution is 2.58. The lowest BCUT2D eigenvalue weighted by atomic mass is 9.51. The topological polar surface area (TPSA) is 68.3 Å². The van der Waals surface area contributed by atoms with Crippen LogP contribution in [0.4, 0.5) is 0 Å². The molecule has 4 heteroatoms. The van der Waals surface area contributed by atoms with Gasteiger partial charge in [-0.15, -0.1) is 0 Å². The van der Waals surface area contributed by atoms with Crippen molar-refractivity contribution in [2.45, 2.75) is 182 Å². The minimum Gasteiger partial charge on any atom is -0.294 e. The molecule has 8 rings (SSSR count). The van der Waals surface area contributed by atoms with Crippen molar-refractivity contribution in [3.8, 4) is 0 Å². The summed E-state index contributed by atoms with van der Waals surface area (Å²) < 4.78 is 0. The lowest BCUT2D eigenvalue weighted by molar-refractivity contribution is 0.0554. The SMILES string of the molecule is CCCCCC[C@@H]1C2=C3Cc4cc5c(cc4C2)CC2=C(C5)[C@@H](CCCCCC)C4C(=O)c5cc6c(cc5C(=O)C4[C@H]2CCCCCC)C(=O)C1C(C6=O)[C@H]3CCCCCC. The van der Waals surface area contributed by atoms with Gasteiger partial charge in [0, 0.05) is 45.9 Å². The molecule has 0 aliphatic heterocycles. The number of rotatable bonds is 20. The Kier molecular flexibility index (Phi) is 12.4. The summed E-state index contributed by atoms with van der Waals surface area (Å²) in [6, 6.07) is 8.70. The molecule has 0 spiro atoms. The first-order chi connectivity index (χ1) is 29.3. The van der Waals surface area contributed by atoms with Crippen molar-refractivity contribution in [2.24, 2.45) is 47.3 Å². The van der Waals surface area contributed by atoms with E-state index in [0.29, 0.717) is 22.3 Å². The smallest absolute Gasteiger partial charge is 0.168 e. The molecular formula is C56H72O4. The summed E-state index contributed by atoms with van der Waals surface area (Å²) in [6.45, 7) is 9.00. The predicted octanol–water partition coefficient (Wildman–Crippen LogP) is 13.8. The van der Waals surface area contributed by atoms with Gasteiger partial charge in [-0.05, 0) is 109 Å². The van der Waals surface area contributed by atoms with Gasteiger partial charge in [-0.1, -0.05) is 165 Å². The first-order valence-electron chi connectivity index (χ1n) is 25.2. The van der Waals surface area contributed by atoms with Crippen molar-refractivity contribution in [1.29, 1.82) is 0 Å². The van der Waals surface area contributed by atoms with Crippen molar-refractivity contribution < 1.29 is 19.2 Å². The highest BCUT2D eigenvalue weighted by molar-refractivity contribution is 6.22. The molecule has 60 heavy (non-hydrogen) atoms. The maximum atomic E-state index is 15.5. The van der Waals surface area contributed by atoms with Gasteiger partial charge in [0.2, 0.25) is 0 Å². The largest absolute Gasteiger partial charge is 0.294 e. The highest BCUT2D eigenvalue weighted by atomic mass is 16.2. The zero-order valence-electron chi connectivity index (χ0n) is 37.5. The summed E-state index contributed by atoms with van der Waals surface area (Å²) in [4.78, 5) is 62.1. The van der Waals surface area contributed by atoms with Crippen LogP contribution in [0.5, 0.6) is 0 Å². The van der Waals surface area contributed by atoms with E-state index in [4.69, 9.17) is 0 Å². The monoisotopic (exact) mass is 809 g/mol. The van der Waals surface area contributed by atoms with Crippen LogP contribution in [0.1, 0.15) is 220 Å². The van der Waals surface area contributed by atoms with E-state index in [0.717, 1.165) is 128 Å². The summed E-state index contributed by atoms with van der Waals surface area (Å²) in [6.07, 6.45) is 25.4. The van der Waals surface area contributed by atoms with Crippen LogP contribution in [-0.2, 0) is 25.7 Å². The molecule has 0 saturated carbocycles. The van der Waals surface area contributed by atoms with E-state index in [1.807, 2.05) is 0 Å². The average molecular weight is 809 g/mol. The lowest BCUT2D eigenvalue weighted by Crippen LogP contribution is -2.51. The molecule has 6 aliphatic rings. The van der Waals surface area contributed by atoms with Gasteiger partial charge in [-0.2, -0.15) is 0 Å². The van der Waals surface area contributed by atoms with Gasteiger partial charge < -0.3 is 0 Å². The van der Waals surface area contributed by atoms with Crippen LogP contribution in [0.3, 0.4) is 0 Å². The van der Waals surface area contributed by atoms with Crippen molar-refractivity contribution in [2.75, 3.05) is 0 Å². The van der Waals surface area contributed by atoms with E-state index >= 15 is 19.2 Å². The number of unbranched alkanes of at least 4 members (excludes halogenated alkanes) is 12. The van der Waals surface area contributed by atoms with E-state index in [2.05, 4.69) is 39.8 Å². The Bertz CT molecular complexity index is 1820. The van der Waals surface area contributed by atoms with E-state index in [1.54, 1.807) is 12.1 Å². The molecule has 4 nitrogen and oxygen atoms in total. The molecule has 0 N–H and O–H groups in total. The number of hydrogen-bond donors (Lipinski definition) is 0. The lowest BCUT2D eigenvalue weighted by Gasteiger charge is -2.51. The van der Waals surface area contributed by atoms with Crippen LogP contribution < -0.4 is 0 Å². The van der Waals surface area contributed by atoms with Gasteiger partial charge in [0.25, 0.3) is 0 Å². The molecule has 0 bridgehead atoms. The van der Waals surface area contributed by atoms with Gasteiger partial charge in [0.15, 0.2) is 23.1 Å². The number of allylic oxidation sites excluding steroid dienone is 4. The third-order valence-electron chi connectivity index (χ3n) is 17.1. The van der Waals surface area contributed by atoms with Crippen LogP contribution in [-0.4, -0.2) is 23.1 Å². The van der Waals surface area contributed by atoms with Crippen LogP contribution in [0.2, 0.25) is 0 Å². The Labute approximate surface area is 361 Å². The van der Waals surface area contributed by atoms with Crippen molar-refractivity contribution in [1.82, 2.24) is 0 Å². The fourth-order valence-corrected chi connectivity index (χ4v) is 14.2. The predicted molar refractivity (Wildman–Crippen MR) is 242 cm³/mol. The molecule has 6 aliphatic carbocycles. The Morgan fingerprint density at radius 3 is 0.783 bits per heavy atom. The minimum absolute atomic E-state index is 0.0304. The third-order valence-corrected chi connectivity index (χ3v) is 17.1. The maximum Gasteiger partial charge on any atom is 0.168 e. The Balaban J connectivity index is 1.26. The second kappa shape index (κ2) is 17.8. The summed E-state index contributed by atoms with van der Waals surface area (Å²) >= 11 is 0. The number of Topliss-reactive ketones (excluding diaryl/α,β-unsaturated/α-hetero) is 4. The normalized spacial score (nSPS) is 28.1. The van der Waals surface area contributed by atoms with Crippen LogP contribution >= 0.6 is 0 Å². The molecule has 2 aromatic carbocycles. The van der Waals surface area contributed by atoms with Crippen molar-refractivity contribution in [3.05, 3.63) is 91.1 Å². The molecule has 0 aromatic heterocycles. The summed E-state index contributed by atoms with van der Waals surface area (Å²) in [5, 5.41) is 0. The number of carbonyl (C=O) groups is 4. The average Bonchev–Trinajstić information content (AvgIpc) is 3.25. The summed E-state index contributed by atoms with van der Waals surface area (Å²) in [7, 11) is 0. The number of benzene rings is 2. The van der Waals surface area contributed by atoms with Crippen LogP contribution in [0.25, 0.3) is 0 Å². The zero-order chi connectivity index (χ0) is 41.7. The standard InChI is InChI=1S/C56H72O4/c1-5-9-13-17-21-37-41-27-33-25-35-29-43-39(23-19-15-11-7-3)51-52-40(24-20-16-12-8-4)44(43)30-36(35)26-34(33)28-42(41)38(22-18-14-10-6-2)50-49(37)53(57)45-31-47(55(51)59)48(56(52)60)32-46(45)54(50)58/h25-26,31-32,37-40,49-52H,5-24,27-30H2,1-4H3/t37-,38+,39+,40-,49?,50?,51?,52?. The second-order valence-corrected chi connectivity index (χ2v) is 20.5. The Morgan fingerprint density at radius 2 is 0.567 bits per heavy atom. The number of hydrogen-bond acceptors (Lipinski definition) is 4. The summed E-state index contributed by atoms with van der Waals surface area (Å²) in [5.74, 6) is -1.23. The fraction of sp³-hybridized carbons (Fsp3) is 0.643. The molecule has 0 radical (unpaired) electrons. The van der Waals surface area contributed by atoms with Crippen LogP contribution in [0, 0.1) is 47.3 Å². The molecule has 0 saturated heterocycles. The molecule has 0 heterocycles. The summed E-state index contributed by atoms with van der Waals surface area (Å²) in [5.41, 5.74) is 13.4. The Hall–Kier alpha value is -3.40. The minimum atomic E-state index is -0.403. The highest BCUT2D eigenvalue weighted by Gasteiger charge is 2.57. The molecule has 8 atom stereocenters. The molecule has 2 aromatic rings. The number of fused-ring (bicyclic) bond motifs is 6. The van der Waals surface area contributed by atoms with Gasteiger partial charge in [-0.25, -0.2) is 0 Å². The quantitative estimate of drug-likeness (QED) is 0.0987. The fourth-order valence-electron chi connectivity index (χ4n) is 14.2. The van der Waals surface area contributed by atoms with E-state index in [1.165, 1.54) is 70.2 Å². The van der Waals surface area contributed by atoms with E-state index in [9.17, 15) is 0 Å². The van der Waals surface area contributed by atoms with E-state index < -0.39 is 23.7 Å².